The predicted molar refractivity (Wildman–Crippen MR) is 108 cm³/mol. The van der Waals surface area contributed by atoms with Gasteiger partial charge in [0.15, 0.2) is 5.78 Å². The van der Waals surface area contributed by atoms with Gasteiger partial charge in [0.25, 0.3) is 0 Å². The number of Topliss-reactive ketones (excluding diaryl/α,β-unsaturated/α-hetero) is 1. The predicted octanol–water partition coefficient (Wildman–Crippen LogP) is 3.46. The number of imide groups is 1. The van der Waals surface area contributed by atoms with Crippen LogP contribution in [0.1, 0.15) is 28.8 Å². The minimum Gasteiger partial charge on any atom is -0.447 e. The number of cyclic esters (lactones) is 1. The lowest BCUT2D eigenvalue weighted by atomic mass is 10.0. The van der Waals surface area contributed by atoms with Crippen molar-refractivity contribution in [3.8, 4) is 0 Å². The number of alkyl halides is 3. The van der Waals surface area contributed by atoms with E-state index >= 15 is 0 Å². The summed E-state index contributed by atoms with van der Waals surface area (Å²) in [5, 5.41) is 0.745. The average Bonchev–Trinajstić information content (AvgIpc) is 3.06. The zero-order valence-electron chi connectivity index (χ0n) is 15.6. The quantitative estimate of drug-likeness (QED) is 0.396. The van der Waals surface area contributed by atoms with Crippen LogP contribution in [0.25, 0.3) is 0 Å². The van der Waals surface area contributed by atoms with Crippen molar-refractivity contribution >= 4 is 58.8 Å². The number of amides is 4. The van der Waals surface area contributed by atoms with E-state index in [1.807, 2.05) is 12.1 Å². The molecule has 1 heterocycles. The molecule has 0 saturated carbocycles. The number of hydrogen-bond acceptors (Lipinski definition) is 6. The van der Waals surface area contributed by atoms with Gasteiger partial charge in [0.2, 0.25) is 3.79 Å². The maximum Gasteiger partial charge on any atom is 0.429 e. The number of ether oxygens (including phenoxy) is 2. The number of rotatable bonds is 2. The molecule has 1 aromatic carbocycles. The second-order valence-corrected chi connectivity index (χ2v) is 9.17. The van der Waals surface area contributed by atoms with Gasteiger partial charge < -0.3 is 9.47 Å². The van der Waals surface area contributed by atoms with E-state index in [1.54, 1.807) is 12.1 Å². The fourth-order valence-electron chi connectivity index (χ4n) is 3.23. The molecule has 2 aliphatic rings. The Labute approximate surface area is 187 Å². The molecule has 162 valence electrons. The molecule has 0 aromatic heterocycles. The van der Waals surface area contributed by atoms with Crippen LogP contribution in [0.3, 0.4) is 0 Å². The molecule has 1 aliphatic heterocycles. The molecule has 0 bridgehead atoms. The summed E-state index contributed by atoms with van der Waals surface area (Å²) < 4.78 is 7.82. The molecule has 9 nitrogen and oxygen atoms in total. The molecule has 1 saturated heterocycles. The van der Waals surface area contributed by atoms with E-state index in [2.05, 4.69) is 5.43 Å². The molecule has 4 amide bonds. The summed E-state index contributed by atoms with van der Waals surface area (Å²) in [7, 11) is 0. The number of carbonyl (C=O) groups is 4. The van der Waals surface area contributed by atoms with E-state index in [0.717, 1.165) is 15.5 Å². The Morgan fingerprint density at radius 3 is 2.67 bits per heavy atom. The van der Waals surface area contributed by atoms with Gasteiger partial charge in [-0.05, 0) is 24.8 Å². The fraction of sp³-hybridized carbons (Fsp3) is 0.444. The number of fused-ring (bicyclic) bond motifs is 1. The molecule has 30 heavy (non-hydrogen) atoms. The Kier molecular flexibility index (Phi) is 6.95. The molecule has 0 radical (unpaired) electrons. The first-order valence-corrected chi connectivity index (χ1v) is 10.2. The summed E-state index contributed by atoms with van der Waals surface area (Å²) in [4.78, 5) is 50.9. The number of hydrogen-bond donors (Lipinski definition) is 1. The summed E-state index contributed by atoms with van der Waals surface area (Å²) in [5.41, 5.74) is 3.56. The van der Waals surface area contributed by atoms with Crippen molar-refractivity contribution < 1.29 is 28.7 Å². The number of ketones is 1. The second kappa shape index (κ2) is 9.28. The first kappa shape index (κ1) is 22.5. The first-order valence-electron chi connectivity index (χ1n) is 9.07. The molecule has 12 heteroatoms. The Morgan fingerprint density at radius 2 is 2.00 bits per heavy atom. The van der Waals surface area contributed by atoms with Crippen LogP contribution in [0.4, 0.5) is 14.4 Å². The highest BCUT2D eigenvalue weighted by molar-refractivity contribution is 6.67. The largest absolute Gasteiger partial charge is 0.447 e. The summed E-state index contributed by atoms with van der Waals surface area (Å²) in [6, 6.07) is 5.01. The van der Waals surface area contributed by atoms with Crippen molar-refractivity contribution in [2.45, 2.75) is 29.1 Å². The van der Waals surface area contributed by atoms with Gasteiger partial charge in [-0.2, -0.15) is 0 Å². The van der Waals surface area contributed by atoms with Crippen molar-refractivity contribution in [1.82, 2.24) is 15.3 Å². The molecule has 0 spiro atoms. The lowest BCUT2D eigenvalue weighted by Gasteiger charge is -2.30. The van der Waals surface area contributed by atoms with Gasteiger partial charge in [0, 0.05) is 5.56 Å². The molecular formula is C18H18Cl3N3O6. The maximum absolute atomic E-state index is 13.2. The maximum atomic E-state index is 13.2. The Bertz CT molecular complexity index is 860. The van der Waals surface area contributed by atoms with Gasteiger partial charge in [-0.3, -0.25) is 4.79 Å². The molecular weight excluding hydrogens is 461 g/mol. The molecule has 0 unspecified atom stereocenters. The van der Waals surface area contributed by atoms with Crippen LogP contribution >= 0.6 is 34.8 Å². The molecule has 1 aliphatic carbocycles. The standard InChI is InChI=1S/C18H18Cl3N3O6/c19-18(20,21)10-30-17(28)24(22-15(26)23-8-9-29-16(23)27)13-7-3-5-11-4-1-2-6-12(11)14(13)25/h1-2,4,6,13H,3,5,7-10H2,(H,22,26)/t13-/m0/s1. The number of carbonyl (C=O) groups excluding carboxylic acids is 4. The molecule has 1 fully saturated rings. The molecule has 1 atom stereocenters. The van der Waals surface area contributed by atoms with E-state index in [1.165, 1.54) is 0 Å². The molecule has 1 N–H and O–H groups in total. The third-order valence-corrected chi connectivity index (χ3v) is 4.93. The normalized spacial score (nSPS) is 18.9. The third-order valence-electron chi connectivity index (χ3n) is 4.60. The highest BCUT2D eigenvalue weighted by Gasteiger charge is 2.38. The van der Waals surface area contributed by atoms with Crippen LogP contribution in [-0.2, 0) is 15.9 Å². The fourth-order valence-corrected chi connectivity index (χ4v) is 3.39. The van der Waals surface area contributed by atoms with Gasteiger partial charge >= 0.3 is 18.2 Å². The number of hydrazine groups is 1. The zero-order valence-corrected chi connectivity index (χ0v) is 17.9. The lowest BCUT2D eigenvalue weighted by molar-refractivity contribution is 0.0530. The lowest BCUT2D eigenvalue weighted by Crippen LogP contribution is -2.58. The van der Waals surface area contributed by atoms with Crippen molar-refractivity contribution in [1.29, 1.82) is 0 Å². The van der Waals surface area contributed by atoms with Crippen molar-refractivity contribution in [2.75, 3.05) is 19.8 Å². The van der Waals surface area contributed by atoms with Crippen LogP contribution in [0.5, 0.6) is 0 Å². The number of nitrogens with one attached hydrogen (secondary N) is 1. The van der Waals surface area contributed by atoms with Crippen molar-refractivity contribution in [3.05, 3.63) is 35.4 Å². The Balaban J connectivity index is 1.86. The van der Waals surface area contributed by atoms with E-state index < -0.39 is 34.7 Å². The summed E-state index contributed by atoms with van der Waals surface area (Å²) in [6.45, 7) is -0.574. The first-order chi connectivity index (χ1) is 14.2. The van der Waals surface area contributed by atoms with E-state index in [9.17, 15) is 19.2 Å². The highest BCUT2D eigenvalue weighted by Crippen LogP contribution is 2.27. The van der Waals surface area contributed by atoms with Gasteiger partial charge in [-0.1, -0.05) is 59.1 Å². The van der Waals surface area contributed by atoms with Crippen LogP contribution in [0, 0.1) is 0 Å². The topological polar surface area (TPSA) is 105 Å². The number of benzene rings is 1. The smallest absolute Gasteiger partial charge is 0.429 e. The average molecular weight is 479 g/mol. The van der Waals surface area contributed by atoms with E-state index in [4.69, 9.17) is 44.3 Å². The second-order valence-electron chi connectivity index (χ2n) is 6.65. The number of nitrogens with zero attached hydrogens (tertiary/aromatic N) is 2. The van der Waals surface area contributed by atoms with Gasteiger partial charge in [-0.15, -0.1) is 0 Å². The molecule has 1 aromatic rings. The number of urea groups is 1. The third kappa shape index (κ3) is 5.27. The van der Waals surface area contributed by atoms with Crippen LogP contribution < -0.4 is 5.43 Å². The minimum atomic E-state index is -1.88. The summed E-state index contributed by atoms with van der Waals surface area (Å²) in [5.74, 6) is -0.377. The Hall–Kier alpha value is -2.23. The van der Waals surface area contributed by atoms with Gasteiger partial charge in [-0.25, -0.2) is 29.7 Å². The van der Waals surface area contributed by atoms with Crippen LogP contribution in [-0.4, -0.2) is 63.5 Å². The summed E-state index contributed by atoms with van der Waals surface area (Å²) >= 11 is 16.9. The zero-order chi connectivity index (χ0) is 21.9. The van der Waals surface area contributed by atoms with E-state index in [-0.39, 0.29) is 25.4 Å². The Morgan fingerprint density at radius 1 is 1.27 bits per heavy atom. The van der Waals surface area contributed by atoms with Crippen molar-refractivity contribution in [2.24, 2.45) is 0 Å². The van der Waals surface area contributed by atoms with E-state index in [0.29, 0.717) is 18.4 Å². The SMILES string of the molecule is O=C1c2ccccc2CCC[C@@H]1N(NC(=O)N1CCOC1=O)C(=O)OCC(Cl)(Cl)Cl. The van der Waals surface area contributed by atoms with Gasteiger partial charge in [0.1, 0.15) is 19.3 Å². The van der Waals surface area contributed by atoms with Crippen molar-refractivity contribution in [3.63, 3.8) is 0 Å². The molecule has 3 rings (SSSR count). The van der Waals surface area contributed by atoms with Crippen LogP contribution in [0.2, 0.25) is 0 Å². The number of halogens is 3. The number of aryl methyl sites for hydroxylation is 1. The minimum absolute atomic E-state index is 0.00313. The monoisotopic (exact) mass is 477 g/mol. The highest BCUT2D eigenvalue weighted by atomic mass is 35.6. The summed E-state index contributed by atoms with van der Waals surface area (Å²) in [6.07, 6.45) is -0.508. The van der Waals surface area contributed by atoms with Gasteiger partial charge in [0.05, 0.1) is 6.54 Å². The van der Waals surface area contributed by atoms with Crippen LogP contribution in [0.15, 0.2) is 24.3 Å².